The molecule has 1 saturated heterocycles. The first kappa shape index (κ1) is 14.8. The van der Waals surface area contributed by atoms with E-state index in [4.69, 9.17) is 17.3 Å². The van der Waals surface area contributed by atoms with E-state index in [9.17, 15) is 8.42 Å². The second-order valence-corrected chi connectivity index (χ2v) is 7.34. The molecule has 0 amide bonds. The number of rotatable bonds is 3. The summed E-state index contributed by atoms with van der Waals surface area (Å²) in [5, 5.41) is 0.554. The van der Waals surface area contributed by atoms with E-state index >= 15 is 0 Å². The maximum Gasteiger partial charge on any atom is 0.243 e. The number of hydrogen-bond acceptors (Lipinski definition) is 3. The number of halogens is 1. The van der Waals surface area contributed by atoms with Crippen LogP contribution in [0.1, 0.15) is 18.4 Å². The first-order valence-electron chi connectivity index (χ1n) is 6.41. The molecule has 1 aromatic carbocycles. The fraction of sp³-hybridized carbons (Fsp3) is 0.538. The van der Waals surface area contributed by atoms with E-state index in [0.717, 1.165) is 12.8 Å². The molecule has 6 heteroatoms. The van der Waals surface area contributed by atoms with Gasteiger partial charge in [-0.2, -0.15) is 4.31 Å². The van der Waals surface area contributed by atoms with Gasteiger partial charge in [-0.05, 0) is 56.0 Å². The molecule has 1 aliphatic rings. The van der Waals surface area contributed by atoms with Crippen molar-refractivity contribution in [2.45, 2.75) is 24.7 Å². The highest BCUT2D eigenvalue weighted by Crippen LogP contribution is 2.26. The summed E-state index contributed by atoms with van der Waals surface area (Å²) in [4.78, 5) is 0.350. The molecule has 0 radical (unpaired) electrons. The number of benzene rings is 1. The van der Waals surface area contributed by atoms with Crippen LogP contribution in [0.5, 0.6) is 0 Å². The van der Waals surface area contributed by atoms with Crippen molar-refractivity contribution >= 4 is 21.6 Å². The molecule has 0 aliphatic carbocycles. The van der Waals surface area contributed by atoms with Gasteiger partial charge in [0.1, 0.15) is 0 Å². The summed E-state index contributed by atoms with van der Waals surface area (Å²) < 4.78 is 26.7. The maximum absolute atomic E-state index is 12.6. The van der Waals surface area contributed by atoms with Gasteiger partial charge in [-0.3, -0.25) is 0 Å². The Kier molecular flexibility index (Phi) is 4.50. The van der Waals surface area contributed by atoms with Crippen molar-refractivity contribution in [2.75, 3.05) is 19.6 Å². The normalized spacial score (nSPS) is 18.7. The molecule has 0 unspecified atom stereocenters. The summed E-state index contributed by atoms with van der Waals surface area (Å²) in [6.45, 7) is 3.50. The third-order valence-electron chi connectivity index (χ3n) is 3.66. The summed E-state index contributed by atoms with van der Waals surface area (Å²) in [6, 6.07) is 4.89. The number of aryl methyl sites for hydroxylation is 1. The Morgan fingerprint density at radius 1 is 1.37 bits per heavy atom. The number of hydrogen-bond donors (Lipinski definition) is 1. The molecule has 2 rings (SSSR count). The Bertz CT molecular complexity index is 552. The van der Waals surface area contributed by atoms with E-state index in [2.05, 4.69) is 0 Å². The lowest BCUT2D eigenvalue weighted by atomic mass is 9.99. The monoisotopic (exact) mass is 302 g/mol. The molecule has 0 aromatic heterocycles. The number of sulfonamides is 1. The lowest BCUT2D eigenvalue weighted by Crippen LogP contribution is -2.40. The minimum atomic E-state index is -3.41. The van der Waals surface area contributed by atoms with Crippen molar-refractivity contribution in [1.29, 1.82) is 0 Å². The molecule has 1 heterocycles. The van der Waals surface area contributed by atoms with Gasteiger partial charge in [0.15, 0.2) is 0 Å². The summed E-state index contributed by atoms with van der Waals surface area (Å²) in [6.07, 6.45) is 1.67. The quantitative estimate of drug-likeness (QED) is 0.929. The van der Waals surface area contributed by atoms with Gasteiger partial charge in [0.05, 0.1) is 4.90 Å². The second kappa shape index (κ2) is 5.79. The molecule has 19 heavy (non-hydrogen) atoms. The van der Waals surface area contributed by atoms with E-state index in [1.54, 1.807) is 29.4 Å². The Morgan fingerprint density at radius 2 is 2.00 bits per heavy atom. The standard InChI is InChI=1S/C13H19ClN2O2S/c1-10-8-12(14)2-3-13(10)19(17,18)16-6-4-11(9-15)5-7-16/h2-3,8,11H,4-7,9,15H2,1H3. The lowest BCUT2D eigenvalue weighted by molar-refractivity contribution is 0.278. The van der Waals surface area contributed by atoms with Crippen LogP contribution in [-0.2, 0) is 10.0 Å². The van der Waals surface area contributed by atoms with E-state index in [-0.39, 0.29) is 0 Å². The highest BCUT2D eigenvalue weighted by molar-refractivity contribution is 7.89. The third-order valence-corrected chi connectivity index (χ3v) is 5.96. The SMILES string of the molecule is Cc1cc(Cl)ccc1S(=O)(=O)N1CCC(CN)CC1. The van der Waals surface area contributed by atoms with Crippen molar-refractivity contribution in [2.24, 2.45) is 11.7 Å². The largest absolute Gasteiger partial charge is 0.330 e. The summed E-state index contributed by atoms with van der Waals surface area (Å²) in [5.74, 6) is 0.442. The van der Waals surface area contributed by atoms with Crippen molar-refractivity contribution in [3.8, 4) is 0 Å². The topological polar surface area (TPSA) is 63.4 Å². The Hall–Kier alpha value is -0.620. The molecule has 1 fully saturated rings. The Balaban J connectivity index is 2.23. The van der Waals surface area contributed by atoms with Crippen molar-refractivity contribution in [1.82, 2.24) is 4.31 Å². The highest BCUT2D eigenvalue weighted by Gasteiger charge is 2.29. The van der Waals surface area contributed by atoms with Gasteiger partial charge in [0, 0.05) is 18.1 Å². The van der Waals surface area contributed by atoms with Gasteiger partial charge in [0.25, 0.3) is 0 Å². The average Bonchev–Trinajstić information content (AvgIpc) is 2.38. The van der Waals surface area contributed by atoms with Gasteiger partial charge in [-0.15, -0.1) is 0 Å². The van der Waals surface area contributed by atoms with Crippen molar-refractivity contribution in [3.05, 3.63) is 28.8 Å². The van der Waals surface area contributed by atoms with Crippen LogP contribution in [0.2, 0.25) is 5.02 Å². The number of piperidine rings is 1. The Morgan fingerprint density at radius 3 is 2.53 bits per heavy atom. The number of nitrogens with two attached hydrogens (primary N) is 1. The van der Waals surface area contributed by atoms with Crippen molar-refractivity contribution < 1.29 is 8.42 Å². The van der Waals surface area contributed by atoms with E-state index in [1.807, 2.05) is 0 Å². The first-order valence-corrected chi connectivity index (χ1v) is 8.23. The minimum absolute atomic E-state index is 0.350. The smallest absolute Gasteiger partial charge is 0.243 e. The molecule has 0 bridgehead atoms. The van der Waals surface area contributed by atoms with Gasteiger partial charge in [-0.25, -0.2) is 8.42 Å². The number of nitrogens with zero attached hydrogens (tertiary/aromatic N) is 1. The molecule has 4 nitrogen and oxygen atoms in total. The van der Waals surface area contributed by atoms with Gasteiger partial charge >= 0.3 is 0 Å². The predicted molar refractivity (Wildman–Crippen MR) is 76.7 cm³/mol. The maximum atomic E-state index is 12.6. The lowest BCUT2D eigenvalue weighted by Gasteiger charge is -2.30. The van der Waals surface area contributed by atoms with Crippen LogP contribution in [0, 0.1) is 12.8 Å². The zero-order valence-electron chi connectivity index (χ0n) is 11.0. The van der Waals surface area contributed by atoms with Crippen LogP contribution in [0.4, 0.5) is 0 Å². The molecule has 106 valence electrons. The molecule has 0 spiro atoms. The zero-order chi connectivity index (χ0) is 14.0. The van der Waals surface area contributed by atoms with Crippen molar-refractivity contribution in [3.63, 3.8) is 0 Å². The van der Waals surface area contributed by atoms with Gasteiger partial charge in [-0.1, -0.05) is 11.6 Å². The molecule has 0 atom stereocenters. The van der Waals surface area contributed by atoms with Crippen LogP contribution < -0.4 is 5.73 Å². The van der Waals surface area contributed by atoms with E-state index < -0.39 is 10.0 Å². The van der Waals surface area contributed by atoms with E-state index in [0.29, 0.717) is 41.0 Å². The molecule has 0 saturated carbocycles. The fourth-order valence-corrected chi connectivity index (χ4v) is 4.33. The fourth-order valence-electron chi connectivity index (χ4n) is 2.43. The van der Waals surface area contributed by atoms with Crippen LogP contribution in [0.25, 0.3) is 0 Å². The second-order valence-electron chi connectivity index (χ2n) is 4.99. The summed E-state index contributed by atoms with van der Waals surface area (Å²) in [5.41, 5.74) is 6.32. The molecule has 1 aromatic rings. The molecular formula is C13H19ClN2O2S. The van der Waals surface area contributed by atoms with Crippen LogP contribution in [-0.4, -0.2) is 32.4 Å². The van der Waals surface area contributed by atoms with Gasteiger partial charge < -0.3 is 5.73 Å². The van der Waals surface area contributed by atoms with Gasteiger partial charge in [0.2, 0.25) is 10.0 Å². The van der Waals surface area contributed by atoms with Crippen LogP contribution in [0.3, 0.4) is 0 Å². The first-order chi connectivity index (χ1) is 8.95. The highest BCUT2D eigenvalue weighted by atomic mass is 35.5. The summed E-state index contributed by atoms with van der Waals surface area (Å²) in [7, 11) is -3.41. The molecule has 2 N–H and O–H groups in total. The van der Waals surface area contributed by atoms with Crippen LogP contribution >= 0.6 is 11.6 Å². The molecular weight excluding hydrogens is 284 g/mol. The Labute approximate surface area is 119 Å². The predicted octanol–water partition coefficient (Wildman–Crippen LogP) is 2.01. The summed E-state index contributed by atoms with van der Waals surface area (Å²) >= 11 is 5.87. The van der Waals surface area contributed by atoms with Crippen LogP contribution in [0.15, 0.2) is 23.1 Å². The average molecular weight is 303 g/mol. The third kappa shape index (κ3) is 3.11. The minimum Gasteiger partial charge on any atom is -0.330 e. The molecule has 1 aliphatic heterocycles. The zero-order valence-corrected chi connectivity index (χ0v) is 12.5. The van der Waals surface area contributed by atoms with E-state index in [1.165, 1.54) is 0 Å².